The smallest absolute Gasteiger partial charge is 0.246 e. The van der Waals surface area contributed by atoms with Crippen LogP contribution in [-0.4, -0.2) is 67.7 Å². The van der Waals surface area contributed by atoms with E-state index in [0.29, 0.717) is 43.5 Å². The van der Waals surface area contributed by atoms with Crippen LogP contribution < -0.4 is 19.7 Å². The number of aromatic nitrogens is 5. The summed E-state index contributed by atoms with van der Waals surface area (Å²) < 4.78 is 14.1. The number of nitrogens with zero attached hydrogens (tertiary/aromatic N) is 7. The maximum absolute atomic E-state index is 12.2. The molecule has 11 heteroatoms. The molecule has 40 heavy (non-hydrogen) atoms. The van der Waals surface area contributed by atoms with Gasteiger partial charge in [0.2, 0.25) is 5.91 Å². The highest BCUT2D eigenvalue weighted by Crippen LogP contribution is 2.43. The number of carbonyl (C=O) groups excluding carboxylic acids is 1. The van der Waals surface area contributed by atoms with Crippen LogP contribution in [-0.2, 0) is 4.79 Å². The molecule has 1 amide bonds. The number of anilines is 3. The molecule has 0 radical (unpaired) electrons. The Kier molecular flexibility index (Phi) is 5.69. The van der Waals surface area contributed by atoms with E-state index in [-0.39, 0.29) is 11.9 Å². The fourth-order valence-electron chi connectivity index (χ4n) is 5.37. The van der Waals surface area contributed by atoms with Crippen LogP contribution in [0.4, 0.5) is 17.2 Å². The van der Waals surface area contributed by atoms with Crippen LogP contribution in [0, 0.1) is 6.92 Å². The number of benzene rings is 2. The number of ether oxygens (including phenoxy) is 2. The zero-order valence-electron chi connectivity index (χ0n) is 21.8. The van der Waals surface area contributed by atoms with Gasteiger partial charge in [-0.25, -0.2) is 19.5 Å². The van der Waals surface area contributed by atoms with Crippen molar-refractivity contribution in [1.82, 2.24) is 29.5 Å². The lowest BCUT2D eigenvalue weighted by molar-refractivity contribution is -0.127. The lowest BCUT2D eigenvalue weighted by Gasteiger charge is -2.45. The summed E-state index contributed by atoms with van der Waals surface area (Å²) in [5.74, 6) is 2.78. The van der Waals surface area contributed by atoms with Crippen LogP contribution in [0.25, 0.3) is 16.6 Å². The van der Waals surface area contributed by atoms with Gasteiger partial charge in [0, 0.05) is 37.6 Å². The minimum absolute atomic E-state index is 0.0491. The summed E-state index contributed by atoms with van der Waals surface area (Å²) in [7, 11) is 0. The van der Waals surface area contributed by atoms with Crippen molar-refractivity contribution in [3.63, 3.8) is 0 Å². The highest BCUT2D eigenvalue weighted by Gasteiger charge is 2.35. The van der Waals surface area contributed by atoms with E-state index < -0.39 is 0 Å². The molecule has 5 heterocycles. The van der Waals surface area contributed by atoms with Crippen molar-refractivity contribution >= 4 is 39.6 Å². The first kappa shape index (κ1) is 23.9. The van der Waals surface area contributed by atoms with E-state index in [1.54, 1.807) is 10.8 Å². The van der Waals surface area contributed by atoms with Gasteiger partial charge in [0.15, 0.2) is 11.4 Å². The molecule has 5 aromatic rings. The zero-order chi connectivity index (χ0) is 27.2. The van der Waals surface area contributed by atoms with Gasteiger partial charge in [0.25, 0.3) is 0 Å². The van der Waals surface area contributed by atoms with Gasteiger partial charge >= 0.3 is 0 Å². The number of aryl methyl sites for hydroxylation is 1. The van der Waals surface area contributed by atoms with Crippen molar-refractivity contribution in [2.75, 3.05) is 36.5 Å². The fourth-order valence-corrected chi connectivity index (χ4v) is 5.37. The molecule has 1 atom stereocenters. The van der Waals surface area contributed by atoms with Crippen LogP contribution in [0.2, 0.25) is 0 Å². The Hall–Kier alpha value is -5.19. The van der Waals surface area contributed by atoms with Gasteiger partial charge in [0.05, 0.1) is 22.6 Å². The molecule has 2 aliphatic rings. The summed E-state index contributed by atoms with van der Waals surface area (Å²) >= 11 is 0. The number of piperazine rings is 1. The summed E-state index contributed by atoms with van der Waals surface area (Å²) in [6, 6.07) is 13.7. The second-order valence-electron chi connectivity index (χ2n) is 9.81. The maximum Gasteiger partial charge on any atom is 0.246 e. The van der Waals surface area contributed by atoms with Crippen molar-refractivity contribution < 1.29 is 14.3 Å². The third kappa shape index (κ3) is 4.12. The van der Waals surface area contributed by atoms with Gasteiger partial charge in [-0.15, -0.1) is 0 Å². The number of carbonyl (C=O) groups is 1. The van der Waals surface area contributed by atoms with E-state index in [1.807, 2.05) is 60.5 Å². The first-order valence-electron chi connectivity index (χ1n) is 13.0. The number of rotatable bonds is 5. The Morgan fingerprint density at radius 1 is 1.12 bits per heavy atom. The zero-order valence-corrected chi connectivity index (χ0v) is 21.8. The molecule has 2 aromatic carbocycles. The van der Waals surface area contributed by atoms with Crippen LogP contribution in [0.1, 0.15) is 5.56 Å². The molecule has 7 rings (SSSR count). The molecule has 1 N–H and O–H groups in total. The van der Waals surface area contributed by atoms with Crippen molar-refractivity contribution in [2.45, 2.75) is 13.0 Å². The molecule has 0 aliphatic carbocycles. The number of hydrogen-bond donors (Lipinski definition) is 1. The molecular weight excluding hydrogens is 508 g/mol. The summed E-state index contributed by atoms with van der Waals surface area (Å²) in [5.41, 5.74) is 4.30. The van der Waals surface area contributed by atoms with E-state index in [2.05, 4.69) is 36.8 Å². The highest BCUT2D eigenvalue weighted by molar-refractivity contribution is 6.00. The molecule has 1 saturated heterocycles. The third-order valence-electron chi connectivity index (χ3n) is 7.35. The fraction of sp³-hybridized carbons (Fsp3) is 0.207. The van der Waals surface area contributed by atoms with Crippen molar-refractivity contribution in [2.24, 2.45) is 0 Å². The largest absolute Gasteiger partial charge is 0.488 e. The molecule has 1 fully saturated rings. The summed E-state index contributed by atoms with van der Waals surface area (Å²) in [5, 5.41) is 8.40. The number of hydrogen-bond acceptors (Lipinski definition) is 9. The molecule has 2 aliphatic heterocycles. The van der Waals surface area contributed by atoms with Gasteiger partial charge in [-0.1, -0.05) is 6.58 Å². The maximum atomic E-state index is 12.2. The first-order chi connectivity index (χ1) is 19.6. The standard InChI is InChI=1S/C29H26N8O3/c1-3-26(38)35-10-11-36-20(14-35)15-39-28-23(36)6-5-22-27(28)29(32-16-30-22)34-19-4-7-24(18(2)12-19)40-21-8-9-37-25(13-21)31-17-33-37/h3-9,12-13,16-17,20H,1,10-11,14-15H2,2H3,(H,30,32,34)/t20-/m0/s1. The first-order valence-corrected chi connectivity index (χ1v) is 13.0. The minimum atomic E-state index is -0.0491. The second kappa shape index (κ2) is 9.53. The van der Waals surface area contributed by atoms with Crippen LogP contribution in [0.3, 0.4) is 0 Å². The Morgan fingerprint density at radius 2 is 2.05 bits per heavy atom. The van der Waals surface area contributed by atoms with Crippen molar-refractivity contribution in [3.05, 3.63) is 79.5 Å². The van der Waals surface area contributed by atoms with Gasteiger partial charge < -0.3 is 24.6 Å². The van der Waals surface area contributed by atoms with Crippen molar-refractivity contribution in [3.8, 4) is 17.2 Å². The predicted molar refractivity (Wildman–Crippen MR) is 150 cm³/mol. The van der Waals surface area contributed by atoms with Gasteiger partial charge in [0.1, 0.15) is 36.6 Å². The van der Waals surface area contributed by atoms with E-state index in [4.69, 9.17) is 9.47 Å². The molecule has 0 saturated carbocycles. The van der Waals surface area contributed by atoms with Gasteiger partial charge in [-0.2, -0.15) is 5.10 Å². The average molecular weight is 535 g/mol. The lowest BCUT2D eigenvalue weighted by Crippen LogP contribution is -2.58. The Bertz CT molecular complexity index is 1780. The van der Waals surface area contributed by atoms with E-state index in [1.165, 1.54) is 12.4 Å². The quantitative estimate of drug-likeness (QED) is 0.333. The number of amides is 1. The van der Waals surface area contributed by atoms with Gasteiger partial charge in [-0.05, 0) is 55.0 Å². The monoisotopic (exact) mass is 534 g/mol. The lowest BCUT2D eigenvalue weighted by atomic mass is 10.1. The SMILES string of the molecule is C=CC(=O)N1CCN2c3ccc4ncnc(Nc5ccc(Oc6ccn7ncnc7c6)c(C)c5)c4c3OC[C@@H]2C1. The molecule has 0 unspecified atom stereocenters. The number of nitrogens with one attached hydrogen (secondary N) is 1. The van der Waals surface area contributed by atoms with Crippen LogP contribution >= 0.6 is 0 Å². The Morgan fingerprint density at radius 3 is 2.92 bits per heavy atom. The summed E-state index contributed by atoms with van der Waals surface area (Å²) in [6.07, 6.45) is 6.24. The molecule has 0 spiro atoms. The van der Waals surface area contributed by atoms with E-state index in [9.17, 15) is 4.79 Å². The predicted octanol–water partition coefficient (Wildman–Crippen LogP) is 4.11. The second-order valence-corrected chi connectivity index (χ2v) is 9.81. The van der Waals surface area contributed by atoms with Gasteiger partial charge in [-0.3, -0.25) is 4.79 Å². The topological polar surface area (TPSA) is 110 Å². The average Bonchev–Trinajstić information content (AvgIpc) is 3.45. The molecule has 200 valence electrons. The Balaban J connectivity index is 1.16. The van der Waals surface area contributed by atoms with Crippen LogP contribution in [0.15, 0.2) is 74.0 Å². The van der Waals surface area contributed by atoms with E-state index in [0.717, 1.165) is 39.3 Å². The Labute approximate surface area is 229 Å². The summed E-state index contributed by atoms with van der Waals surface area (Å²) in [4.78, 5) is 29.6. The molecule has 11 nitrogen and oxygen atoms in total. The number of fused-ring (bicyclic) bond motifs is 6. The van der Waals surface area contributed by atoms with Crippen LogP contribution in [0.5, 0.6) is 17.2 Å². The third-order valence-corrected chi connectivity index (χ3v) is 7.35. The molecule has 3 aromatic heterocycles. The molecular formula is C29H26N8O3. The normalized spacial score (nSPS) is 16.3. The molecule has 0 bridgehead atoms. The minimum Gasteiger partial charge on any atom is -0.488 e. The summed E-state index contributed by atoms with van der Waals surface area (Å²) in [6.45, 7) is 8.03. The van der Waals surface area contributed by atoms with Crippen molar-refractivity contribution in [1.29, 1.82) is 0 Å². The highest BCUT2D eigenvalue weighted by atomic mass is 16.5. The number of pyridine rings is 1. The van der Waals surface area contributed by atoms with E-state index >= 15 is 0 Å².